The van der Waals surface area contributed by atoms with Crippen LogP contribution in [-0.2, 0) is 4.74 Å². The van der Waals surface area contributed by atoms with E-state index in [0.29, 0.717) is 46.6 Å². The van der Waals surface area contributed by atoms with Gasteiger partial charge in [-0.1, -0.05) is 42.5 Å². The Morgan fingerprint density at radius 2 is 1.61 bits per heavy atom. The van der Waals surface area contributed by atoms with E-state index in [1.54, 1.807) is 25.1 Å². The maximum absolute atomic E-state index is 13.6. The Morgan fingerprint density at radius 3 is 2.32 bits per heavy atom. The molecule has 2 unspecified atom stereocenters. The molecule has 2 aliphatic rings. The normalized spacial score (nSPS) is 20.2. The summed E-state index contributed by atoms with van der Waals surface area (Å²) < 4.78 is 24.4. The van der Waals surface area contributed by atoms with Gasteiger partial charge in [0.15, 0.2) is 5.76 Å². The van der Waals surface area contributed by atoms with Gasteiger partial charge in [0.05, 0.1) is 10.9 Å². The summed E-state index contributed by atoms with van der Waals surface area (Å²) in [7, 11) is 0. The van der Waals surface area contributed by atoms with Crippen LogP contribution in [0.25, 0.3) is 22.3 Å². The average Bonchev–Trinajstić information content (AvgIpc) is 3.22. The Kier molecular flexibility index (Phi) is 6.89. The van der Waals surface area contributed by atoms with E-state index in [1.807, 2.05) is 62.1 Å². The Morgan fingerprint density at radius 1 is 0.951 bits per heavy atom. The molecule has 2 fully saturated rings. The van der Waals surface area contributed by atoms with Crippen LogP contribution in [0.15, 0.2) is 70.1 Å². The molecule has 0 spiro atoms. The first-order valence-electron chi connectivity index (χ1n) is 14.0. The van der Waals surface area contributed by atoms with E-state index in [-0.39, 0.29) is 41.3 Å². The summed E-state index contributed by atoms with van der Waals surface area (Å²) in [4.78, 5) is 37.0. The molecule has 2 bridgehead atoms. The number of carbonyl (C=O) groups is 1. The highest BCUT2D eigenvalue weighted by Crippen LogP contribution is 2.40. The molecule has 2 aliphatic heterocycles. The van der Waals surface area contributed by atoms with Crippen molar-refractivity contribution in [2.45, 2.75) is 77.2 Å². The summed E-state index contributed by atoms with van der Waals surface area (Å²) in [6.07, 6.45) is 4.18. The largest absolute Gasteiger partial charge is 0.474 e. The molecule has 6 rings (SSSR count). The van der Waals surface area contributed by atoms with Crippen LogP contribution in [0.3, 0.4) is 0 Å². The molecule has 9 nitrogen and oxygen atoms in total. The summed E-state index contributed by atoms with van der Waals surface area (Å²) in [6.45, 7) is 7.44. The van der Waals surface area contributed by atoms with E-state index < -0.39 is 5.60 Å². The van der Waals surface area contributed by atoms with Crippen molar-refractivity contribution in [3.8, 4) is 28.8 Å². The third-order valence-corrected chi connectivity index (χ3v) is 7.55. The van der Waals surface area contributed by atoms with Crippen molar-refractivity contribution >= 4 is 17.1 Å². The van der Waals surface area contributed by atoms with Crippen LogP contribution in [-0.4, -0.2) is 44.7 Å². The van der Waals surface area contributed by atoms with Gasteiger partial charge < -0.3 is 23.5 Å². The highest BCUT2D eigenvalue weighted by molar-refractivity contribution is 5.82. The smallest absolute Gasteiger partial charge is 0.410 e. The highest BCUT2D eigenvalue weighted by atomic mass is 16.6. The van der Waals surface area contributed by atoms with Crippen LogP contribution in [0.1, 0.15) is 52.0 Å². The number of rotatable bonds is 5. The molecule has 9 heteroatoms. The number of amides is 1. The van der Waals surface area contributed by atoms with E-state index in [4.69, 9.17) is 18.6 Å². The van der Waals surface area contributed by atoms with Crippen LogP contribution >= 0.6 is 0 Å². The first kappa shape index (κ1) is 26.8. The van der Waals surface area contributed by atoms with Gasteiger partial charge in [-0.25, -0.2) is 14.8 Å². The van der Waals surface area contributed by atoms with Crippen molar-refractivity contribution in [3.05, 3.63) is 76.7 Å². The SMILES string of the molecule is Cc1c(Oc2c(-c3ccccc3)oc3ccccc3c2=O)ncnc1OC1CC2CCC(C1)N2C(=O)OC(C)(C)C. The molecule has 0 N–H and O–H groups in total. The number of ether oxygens (including phenoxy) is 3. The van der Waals surface area contributed by atoms with E-state index >= 15 is 0 Å². The minimum atomic E-state index is -0.541. The van der Waals surface area contributed by atoms with Gasteiger partial charge in [0.2, 0.25) is 22.9 Å². The van der Waals surface area contributed by atoms with E-state index in [1.165, 1.54) is 6.33 Å². The van der Waals surface area contributed by atoms with Crippen LogP contribution in [0, 0.1) is 6.92 Å². The summed E-state index contributed by atoms with van der Waals surface area (Å²) >= 11 is 0. The molecule has 2 atom stereocenters. The van der Waals surface area contributed by atoms with E-state index in [9.17, 15) is 9.59 Å². The maximum atomic E-state index is 13.6. The van der Waals surface area contributed by atoms with Gasteiger partial charge in [-0.3, -0.25) is 4.79 Å². The second-order valence-electron chi connectivity index (χ2n) is 11.6. The van der Waals surface area contributed by atoms with Gasteiger partial charge in [0, 0.05) is 30.5 Å². The third-order valence-electron chi connectivity index (χ3n) is 7.55. The lowest BCUT2D eigenvalue weighted by molar-refractivity contribution is -0.00773. The molecule has 4 heterocycles. The number of para-hydroxylation sites is 1. The van der Waals surface area contributed by atoms with E-state index in [0.717, 1.165) is 12.8 Å². The Hall–Kier alpha value is -4.40. The van der Waals surface area contributed by atoms with Crippen molar-refractivity contribution in [1.29, 1.82) is 0 Å². The second-order valence-corrected chi connectivity index (χ2v) is 11.6. The van der Waals surface area contributed by atoms with Crippen LogP contribution in [0.4, 0.5) is 4.79 Å². The van der Waals surface area contributed by atoms with Gasteiger partial charge in [0.25, 0.3) is 0 Å². The molecule has 41 heavy (non-hydrogen) atoms. The standard InChI is InChI=1S/C32H33N3O6/c1-19-29(38-23-16-21-14-15-22(17-23)35(21)31(37)41-32(2,3)4)33-18-34-30(19)40-28-26(36)24-12-8-9-13-25(24)39-27(28)20-10-6-5-7-11-20/h5-13,18,21-23H,14-17H2,1-4H3. The molecular formula is C32H33N3O6. The first-order valence-corrected chi connectivity index (χ1v) is 14.0. The molecular weight excluding hydrogens is 522 g/mol. The van der Waals surface area contributed by atoms with Crippen molar-refractivity contribution in [2.75, 3.05) is 0 Å². The Balaban J connectivity index is 1.26. The third kappa shape index (κ3) is 5.36. The van der Waals surface area contributed by atoms with Crippen molar-refractivity contribution < 1.29 is 23.4 Å². The molecule has 0 saturated carbocycles. The van der Waals surface area contributed by atoms with Gasteiger partial charge >= 0.3 is 6.09 Å². The van der Waals surface area contributed by atoms with Gasteiger partial charge in [0.1, 0.15) is 23.6 Å². The number of fused-ring (bicyclic) bond motifs is 3. The number of piperidine rings is 1. The lowest BCUT2D eigenvalue weighted by atomic mass is 10.00. The van der Waals surface area contributed by atoms with Crippen LogP contribution in [0.5, 0.6) is 17.5 Å². The second kappa shape index (κ2) is 10.5. The summed E-state index contributed by atoms with van der Waals surface area (Å²) in [5, 5.41) is 0.414. The number of hydrogen-bond acceptors (Lipinski definition) is 8. The number of nitrogens with zero attached hydrogens (tertiary/aromatic N) is 3. The predicted octanol–water partition coefficient (Wildman–Crippen LogP) is 6.66. The minimum Gasteiger partial charge on any atom is -0.474 e. The van der Waals surface area contributed by atoms with Gasteiger partial charge in [-0.05, 0) is 52.7 Å². The van der Waals surface area contributed by atoms with E-state index in [2.05, 4.69) is 9.97 Å². The zero-order valence-corrected chi connectivity index (χ0v) is 23.6. The fourth-order valence-corrected chi connectivity index (χ4v) is 5.73. The molecule has 0 aliphatic carbocycles. The molecule has 212 valence electrons. The molecule has 4 aromatic rings. The summed E-state index contributed by atoms with van der Waals surface area (Å²) in [6, 6.07) is 16.6. The molecule has 1 amide bonds. The van der Waals surface area contributed by atoms with Crippen LogP contribution < -0.4 is 14.9 Å². The summed E-state index contributed by atoms with van der Waals surface area (Å²) in [5.74, 6) is 0.965. The Labute approximate surface area is 238 Å². The van der Waals surface area contributed by atoms with Crippen LogP contribution in [0.2, 0.25) is 0 Å². The minimum absolute atomic E-state index is 0.0476. The maximum Gasteiger partial charge on any atom is 0.410 e. The average molecular weight is 556 g/mol. The lowest BCUT2D eigenvalue weighted by Gasteiger charge is -2.39. The topological polar surface area (TPSA) is 104 Å². The van der Waals surface area contributed by atoms with Gasteiger partial charge in [-0.2, -0.15) is 0 Å². The number of aromatic nitrogens is 2. The first-order chi connectivity index (χ1) is 19.7. The highest BCUT2D eigenvalue weighted by Gasteiger charge is 2.45. The zero-order chi connectivity index (χ0) is 28.7. The summed E-state index contributed by atoms with van der Waals surface area (Å²) in [5.41, 5.74) is 0.916. The van der Waals surface area contributed by atoms with Crippen molar-refractivity contribution in [2.24, 2.45) is 0 Å². The fourth-order valence-electron chi connectivity index (χ4n) is 5.73. The predicted molar refractivity (Wildman–Crippen MR) is 153 cm³/mol. The number of carbonyl (C=O) groups excluding carboxylic acids is 1. The molecule has 0 radical (unpaired) electrons. The number of benzene rings is 2. The Bertz CT molecular complexity index is 1630. The van der Waals surface area contributed by atoms with Crippen molar-refractivity contribution in [3.63, 3.8) is 0 Å². The molecule has 2 aromatic carbocycles. The monoisotopic (exact) mass is 555 g/mol. The molecule has 2 aromatic heterocycles. The fraction of sp³-hybridized carbons (Fsp3) is 0.375. The quantitative estimate of drug-likeness (QED) is 0.269. The lowest BCUT2D eigenvalue weighted by Crippen LogP contribution is -2.50. The van der Waals surface area contributed by atoms with Gasteiger partial charge in [-0.15, -0.1) is 0 Å². The van der Waals surface area contributed by atoms with Crippen molar-refractivity contribution in [1.82, 2.24) is 14.9 Å². The zero-order valence-electron chi connectivity index (χ0n) is 23.6. The molecule has 2 saturated heterocycles. The number of hydrogen-bond donors (Lipinski definition) is 0.